The Bertz CT molecular complexity index is 781. The van der Waals surface area contributed by atoms with Gasteiger partial charge in [0.2, 0.25) is 0 Å². The highest BCUT2D eigenvalue weighted by Crippen LogP contribution is 2.24. The van der Waals surface area contributed by atoms with E-state index in [0.717, 1.165) is 31.9 Å². The Hall–Kier alpha value is -2.80. The van der Waals surface area contributed by atoms with E-state index in [1.54, 1.807) is 12.1 Å². The van der Waals surface area contributed by atoms with Gasteiger partial charge in [0.1, 0.15) is 0 Å². The van der Waals surface area contributed by atoms with Gasteiger partial charge in [-0.1, -0.05) is 19.8 Å². The maximum absolute atomic E-state index is 10.7. The van der Waals surface area contributed by atoms with E-state index in [4.69, 9.17) is 0 Å². The molecule has 0 saturated carbocycles. The summed E-state index contributed by atoms with van der Waals surface area (Å²) in [6.45, 7) is 7.79. The number of hydrogen-bond acceptors (Lipinski definition) is 6. The molecule has 2 aromatic carbocycles. The molecule has 0 bridgehead atoms. The second kappa shape index (κ2) is 9.94. The van der Waals surface area contributed by atoms with E-state index in [2.05, 4.69) is 39.1 Å². The Morgan fingerprint density at radius 3 is 2.00 bits per heavy atom. The number of azo groups is 1. The molecule has 1 saturated heterocycles. The van der Waals surface area contributed by atoms with Crippen LogP contribution in [0.3, 0.4) is 0 Å². The van der Waals surface area contributed by atoms with Crippen LogP contribution in [0.1, 0.15) is 26.2 Å². The molecule has 1 aliphatic rings. The number of piperazine rings is 1. The predicted molar refractivity (Wildman–Crippen MR) is 112 cm³/mol. The predicted octanol–water partition coefficient (Wildman–Crippen LogP) is 5.32. The SMILES string of the molecule is CCCCCN1CCN(c2ccc(N=Nc3ccc([N+](=O)[O-])cc3)cc2)CC1. The van der Waals surface area contributed by atoms with Crippen molar-refractivity contribution in [2.75, 3.05) is 37.6 Å². The Morgan fingerprint density at radius 1 is 0.893 bits per heavy atom. The summed E-state index contributed by atoms with van der Waals surface area (Å²) in [5.74, 6) is 0. The minimum Gasteiger partial charge on any atom is -0.369 e. The molecule has 0 atom stereocenters. The normalized spacial score (nSPS) is 15.2. The molecule has 0 aromatic heterocycles. The zero-order valence-corrected chi connectivity index (χ0v) is 16.3. The molecular formula is C21H27N5O2. The van der Waals surface area contributed by atoms with E-state index in [1.165, 1.54) is 43.6 Å². The summed E-state index contributed by atoms with van der Waals surface area (Å²) in [7, 11) is 0. The van der Waals surface area contributed by atoms with Gasteiger partial charge in [-0.3, -0.25) is 15.0 Å². The van der Waals surface area contributed by atoms with E-state index in [0.29, 0.717) is 5.69 Å². The molecule has 1 aliphatic heterocycles. The second-order valence-corrected chi connectivity index (χ2v) is 7.03. The molecule has 2 aromatic rings. The van der Waals surface area contributed by atoms with Crippen molar-refractivity contribution in [2.45, 2.75) is 26.2 Å². The van der Waals surface area contributed by atoms with Crippen LogP contribution in [0.15, 0.2) is 58.8 Å². The summed E-state index contributed by atoms with van der Waals surface area (Å²) in [5.41, 5.74) is 2.62. The van der Waals surface area contributed by atoms with E-state index in [1.807, 2.05) is 12.1 Å². The van der Waals surface area contributed by atoms with Gasteiger partial charge in [0.15, 0.2) is 0 Å². The number of nitro groups is 1. The fourth-order valence-corrected chi connectivity index (χ4v) is 3.30. The third kappa shape index (κ3) is 5.60. The first-order valence-electron chi connectivity index (χ1n) is 9.89. The minimum absolute atomic E-state index is 0.0498. The fraction of sp³-hybridized carbons (Fsp3) is 0.429. The maximum atomic E-state index is 10.7. The molecule has 7 heteroatoms. The van der Waals surface area contributed by atoms with Gasteiger partial charge < -0.3 is 4.90 Å². The van der Waals surface area contributed by atoms with Crippen LogP contribution >= 0.6 is 0 Å². The lowest BCUT2D eigenvalue weighted by atomic mass is 10.2. The Kier molecular flexibility index (Phi) is 7.08. The highest BCUT2D eigenvalue weighted by Gasteiger charge is 2.16. The van der Waals surface area contributed by atoms with E-state index >= 15 is 0 Å². The van der Waals surface area contributed by atoms with E-state index < -0.39 is 4.92 Å². The summed E-state index contributed by atoms with van der Waals surface area (Å²) in [5, 5.41) is 19.0. The zero-order valence-electron chi connectivity index (χ0n) is 16.3. The standard InChI is InChI=1S/C21H27N5O2/c1-2-3-4-13-24-14-16-25(17-15-24)20-9-5-18(6-10-20)22-23-19-7-11-21(12-8-19)26(27)28/h5-12H,2-4,13-17H2,1H3. The van der Waals surface area contributed by atoms with Gasteiger partial charge >= 0.3 is 0 Å². The molecule has 0 unspecified atom stereocenters. The molecule has 1 heterocycles. The first kappa shape index (κ1) is 19.9. The van der Waals surface area contributed by atoms with Crippen molar-refractivity contribution in [3.8, 4) is 0 Å². The molecule has 0 N–H and O–H groups in total. The number of rotatable bonds is 8. The zero-order chi connectivity index (χ0) is 19.8. The number of nitro benzene ring substituents is 1. The lowest BCUT2D eigenvalue weighted by Crippen LogP contribution is -2.46. The van der Waals surface area contributed by atoms with Gasteiger partial charge in [-0.05, 0) is 49.4 Å². The van der Waals surface area contributed by atoms with Crippen LogP contribution in [0.2, 0.25) is 0 Å². The number of benzene rings is 2. The monoisotopic (exact) mass is 381 g/mol. The topological polar surface area (TPSA) is 74.3 Å². The van der Waals surface area contributed by atoms with Crippen molar-refractivity contribution < 1.29 is 4.92 Å². The minimum atomic E-state index is -0.426. The van der Waals surface area contributed by atoms with Crippen LogP contribution in [0.5, 0.6) is 0 Å². The van der Waals surface area contributed by atoms with Crippen LogP contribution in [-0.4, -0.2) is 42.5 Å². The second-order valence-electron chi connectivity index (χ2n) is 7.03. The third-order valence-electron chi connectivity index (χ3n) is 5.01. The highest BCUT2D eigenvalue weighted by atomic mass is 16.6. The first-order chi connectivity index (χ1) is 13.7. The molecule has 0 amide bonds. The summed E-state index contributed by atoms with van der Waals surface area (Å²) >= 11 is 0. The average molecular weight is 381 g/mol. The summed E-state index contributed by atoms with van der Waals surface area (Å²) in [6.07, 6.45) is 3.88. The van der Waals surface area contributed by atoms with Crippen molar-refractivity contribution in [1.82, 2.24) is 4.90 Å². The smallest absolute Gasteiger partial charge is 0.269 e. The molecular weight excluding hydrogens is 354 g/mol. The molecule has 28 heavy (non-hydrogen) atoms. The lowest BCUT2D eigenvalue weighted by molar-refractivity contribution is -0.384. The van der Waals surface area contributed by atoms with Gasteiger partial charge in [0, 0.05) is 44.0 Å². The van der Waals surface area contributed by atoms with Gasteiger partial charge in [-0.2, -0.15) is 10.2 Å². The Labute approximate surface area is 165 Å². The van der Waals surface area contributed by atoms with Crippen LogP contribution in [-0.2, 0) is 0 Å². The maximum Gasteiger partial charge on any atom is 0.269 e. The summed E-state index contributed by atoms with van der Waals surface area (Å²) < 4.78 is 0. The Balaban J connectivity index is 1.52. The van der Waals surface area contributed by atoms with Crippen molar-refractivity contribution in [1.29, 1.82) is 0 Å². The van der Waals surface area contributed by atoms with E-state index in [9.17, 15) is 10.1 Å². The lowest BCUT2D eigenvalue weighted by Gasteiger charge is -2.36. The molecule has 7 nitrogen and oxygen atoms in total. The van der Waals surface area contributed by atoms with Crippen LogP contribution in [0, 0.1) is 10.1 Å². The fourth-order valence-electron chi connectivity index (χ4n) is 3.30. The average Bonchev–Trinajstić information content (AvgIpc) is 2.74. The summed E-state index contributed by atoms with van der Waals surface area (Å²) in [4.78, 5) is 15.2. The van der Waals surface area contributed by atoms with Crippen LogP contribution < -0.4 is 4.90 Å². The molecule has 0 spiro atoms. The number of hydrogen-bond donors (Lipinski definition) is 0. The first-order valence-corrected chi connectivity index (χ1v) is 9.89. The Morgan fingerprint density at radius 2 is 1.46 bits per heavy atom. The van der Waals surface area contributed by atoms with Gasteiger partial charge in [0.05, 0.1) is 16.3 Å². The van der Waals surface area contributed by atoms with Crippen molar-refractivity contribution in [3.63, 3.8) is 0 Å². The number of nitrogens with zero attached hydrogens (tertiary/aromatic N) is 5. The highest BCUT2D eigenvalue weighted by molar-refractivity contribution is 5.53. The number of unbranched alkanes of at least 4 members (excludes halogenated alkanes) is 2. The number of non-ortho nitro benzene ring substituents is 1. The molecule has 0 radical (unpaired) electrons. The van der Waals surface area contributed by atoms with Crippen LogP contribution in [0.25, 0.3) is 0 Å². The van der Waals surface area contributed by atoms with Crippen LogP contribution in [0.4, 0.5) is 22.7 Å². The largest absolute Gasteiger partial charge is 0.369 e. The van der Waals surface area contributed by atoms with Crippen molar-refractivity contribution in [2.24, 2.45) is 10.2 Å². The molecule has 0 aliphatic carbocycles. The molecule has 148 valence electrons. The van der Waals surface area contributed by atoms with Crippen molar-refractivity contribution >= 4 is 22.7 Å². The quantitative estimate of drug-likeness (QED) is 0.268. The van der Waals surface area contributed by atoms with E-state index in [-0.39, 0.29) is 5.69 Å². The van der Waals surface area contributed by atoms with Gasteiger partial charge in [0.25, 0.3) is 5.69 Å². The third-order valence-corrected chi connectivity index (χ3v) is 5.01. The summed E-state index contributed by atoms with van der Waals surface area (Å²) in [6, 6.07) is 14.1. The van der Waals surface area contributed by atoms with Crippen molar-refractivity contribution in [3.05, 3.63) is 58.6 Å². The van der Waals surface area contributed by atoms with Gasteiger partial charge in [-0.25, -0.2) is 0 Å². The molecule has 1 fully saturated rings. The molecule has 3 rings (SSSR count). The van der Waals surface area contributed by atoms with Gasteiger partial charge in [-0.15, -0.1) is 0 Å². The number of anilines is 1.